The van der Waals surface area contributed by atoms with Gasteiger partial charge in [-0.05, 0) is 0 Å². The van der Waals surface area contributed by atoms with Gasteiger partial charge in [0.2, 0.25) is 0 Å². The number of carbonyl (C=O) groups is 4. The first kappa shape index (κ1) is 37.8. The van der Waals surface area contributed by atoms with Gasteiger partial charge >= 0.3 is 162 Å². The minimum absolute atomic E-state index is 0. The van der Waals surface area contributed by atoms with Gasteiger partial charge in [-0.15, -0.1) is 0 Å². The summed E-state index contributed by atoms with van der Waals surface area (Å²) in [7, 11) is 0. The van der Waals surface area contributed by atoms with Crippen LogP contribution in [0.2, 0.25) is 0 Å². The molecule has 0 aliphatic carbocycles. The molecule has 0 saturated heterocycles. The van der Waals surface area contributed by atoms with Crippen molar-refractivity contribution in [3.05, 3.63) is 0 Å². The van der Waals surface area contributed by atoms with Gasteiger partial charge < -0.3 is 39.6 Å². The number of nitrogens with zero attached hydrogens (tertiary/aromatic N) is 2. The van der Waals surface area contributed by atoms with Crippen LogP contribution in [0.15, 0.2) is 0 Å². The van der Waals surface area contributed by atoms with Gasteiger partial charge in [0.15, 0.2) is 0 Å². The topological polar surface area (TPSA) is 167 Å². The fourth-order valence-corrected chi connectivity index (χ4v) is 1.44. The molecule has 0 fully saturated rings. The average Bonchev–Trinajstić information content (AvgIpc) is 2.22. The average molecular weight is 412 g/mol. The minimum atomic E-state index is -1.53. The van der Waals surface area contributed by atoms with Crippen LogP contribution in [-0.2, 0) is 19.2 Å². The van der Waals surface area contributed by atoms with Crippen molar-refractivity contribution in [1.29, 1.82) is 0 Å². The van der Waals surface area contributed by atoms with Crippen LogP contribution >= 0.6 is 0 Å². The van der Waals surface area contributed by atoms with E-state index in [0.717, 1.165) is 9.80 Å². The van der Waals surface area contributed by atoms with E-state index in [4.69, 9.17) is 0 Å². The van der Waals surface area contributed by atoms with Crippen LogP contribution in [0.3, 0.4) is 0 Å². The summed E-state index contributed by atoms with van der Waals surface area (Å²) in [5.74, 6) is -6.12. The molecule has 0 aliphatic rings. The second kappa shape index (κ2) is 22.4. The Hall–Kier alpha value is 3.07. The Bertz CT molecular complexity index is 335. The Balaban J connectivity index is -0.000000301. The zero-order valence-electron chi connectivity index (χ0n) is 14.4. The number of rotatable bonds is 11. The van der Waals surface area contributed by atoms with Gasteiger partial charge in [0.1, 0.15) is 0 Å². The van der Waals surface area contributed by atoms with E-state index < -0.39 is 50.1 Å². The summed E-state index contributed by atoms with van der Waals surface area (Å²) in [6.07, 6.45) is 0. The molecule has 0 unspecified atom stereocenters. The largest absolute Gasteiger partial charge is 1.00 e. The van der Waals surface area contributed by atoms with Crippen molar-refractivity contribution in [2.75, 3.05) is 39.3 Å². The molecule has 0 aromatic carbocycles. The van der Waals surface area contributed by atoms with Crippen molar-refractivity contribution < 1.29 is 201 Å². The van der Waals surface area contributed by atoms with Gasteiger partial charge in [-0.2, -0.15) is 0 Å². The predicted octanol–water partition coefficient (Wildman–Crippen LogP) is -19.4. The Morgan fingerprint density at radius 1 is 0.542 bits per heavy atom. The Morgan fingerprint density at radius 3 is 0.833 bits per heavy atom. The summed E-state index contributed by atoms with van der Waals surface area (Å²) in [4.78, 5) is 43.4. The fourth-order valence-electron chi connectivity index (χ4n) is 1.44. The Morgan fingerprint density at radius 2 is 0.708 bits per heavy atom. The molecule has 0 N–H and O–H groups in total. The number of carboxylic acids is 4. The molecule has 24 heavy (non-hydrogen) atoms. The quantitative estimate of drug-likeness (QED) is 0.297. The number of carbonyl (C=O) groups excluding carboxylic acids is 4. The van der Waals surface area contributed by atoms with Crippen molar-refractivity contribution in [1.82, 2.24) is 9.80 Å². The first-order valence-electron chi connectivity index (χ1n) is 5.44. The van der Waals surface area contributed by atoms with E-state index in [1.54, 1.807) is 0 Å². The van der Waals surface area contributed by atoms with Crippen LogP contribution in [0, 0.1) is 0 Å². The third-order valence-electron chi connectivity index (χ3n) is 2.14. The van der Waals surface area contributed by atoms with Crippen LogP contribution in [0.4, 0.5) is 0 Å². The molecule has 0 aromatic rings. The standard InChI is InChI=1S/C10H16N2O8.2K.2Na/c13-7(14)3-11(4-8(15)16)1-2-12(5-9(17)18)6-10(19)20;;;;/h1-6H2,(H,13,14)(H,15,16)(H,17,18)(H,19,20);;;;/q;4*+1/p-4. The van der Waals surface area contributed by atoms with Gasteiger partial charge in [-0.3, -0.25) is 9.80 Å². The third-order valence-corrected chi connectivity index (χ3v) is 2.14. The summed E-state index contributed by atoms with van der Waals surface area (Å²) in [5, 5.41) is 41.6. The predicted molar refractivity (Wildman–Crippen MR) is 52.9 cm³/mol. The summed E-state index contributed by atoms with van der Waals surface area (Å²) >= 11 is 0. The molecule has 0 aromatic heterocycles. The molecule has 14 heteroatoms. The maximum atomic E-state index is 10.4. The van der Waals surface area contributed by atoms with E-state index in [2.05, 4.69) is 0 Å². The van der Waals surface area contributed by atoms with Crippen molar-refractivity contribution >= 4 is 23.9 Å². The molecular formula is C10H12K2N2Na2O8. The summed E-state index contributed by atoms with van der Waals surface area (Å²) in [6, 6.07) is 0. The van der Waals surface area contributed by atoms with Crippen LogP contribution in [0.25, 0.3) is 0 Å². The molecule has 10 nitrogen and oxygen atoms in total. The number of hydrogen-bond acceptors (Lipinski definition) is 10. The van der Waals surface area contributed by atoms with Crippen LogP contribution < -0.4 is 182 Å². The first-order chi connectivity index (χ1) is 9.20. The van der Waals surface area contributed by atoms with Crippen LogP contribution in [-0.4, -0.2) is 72.9 Å². The molecule has 0 aliphatic heterocycles. The first-order valence-corrected chi connectivity index (χ1v) is 5.44. The zero-order valence-corrected chi connectivity index (χ0v) is 24.6. The normalized spacial score (nSPS) is 8.92. The van der Waals surface area contributed by atoms with E-state index in [1.807, 2.05) is 0 Å². The number of hydrogen-bond donors (Lipinski definition) is 0. The maximum Gasteiger partial charge on any atom is 1.00 e. The monoisotopic (exact) mass is 412 g/mol. The molecule has 0 radical (unpaired) electrons. The molecule has 0 spiro atoms. The van der Waals surface area contributed by atoms with E-state index in [9.17, 15) is 39.6 Å². The van der Waals surface area contributed by atoms with Gasteiger partial charge in [0.25, 0.3) is 0 Å². The van der Waals surface area contributed by atoms with E-state index in [0.29, 0.717) is 0 Å². The van der Waals surface area contributed by atoms with Crippen LogP contribution in [0.5, 0.6) is 0 Å². The van der Waals surface area contributed by atoms with Gasteiger partial charge in [-0.25, -0.2) is 0 Å². The number of carboxylic acid groups (broad SMARTS) is 4. The maximum absolute atomic E-state index is 10.4. The molecular weight excluding hydrogens is 400 g/mol. The van der Waals surface area contributed by atoms with Gasteiger partial charge in [0, 0.05) is 39.3 Å². The Kier molecular flexibility index (Phi) is 35.2. The molecule has 0 amide bonds. The molecule has 114 valence electrons. The zero-order chi connectivity index (χ0) is 15.7. The summed E-state index contributed by atoms with van der Waals surface area (Å²) in [6.45, 7) is -3.25. The van der Waals surface area contributed by atoms with Gasteiger partial charge in [-0.1, -0.05) is 0 Å². The molecule has 0 rings (SSSR count). The SMILES string of the molecule is O=C([O-])CN(CCN(CC(=O)[O-])CC(=O)[O-])CC(=O)[O-].[K+].[K+].[Na+].[Na+]. The number of aliphatic carboxylic acids is 4. The van der Waals surface area contributed by atoms with Crippen molar-refractivity contribution in [3.8, 4) is 0 Å². The third kappa shape index (κ3) is 25.1. The summed E-state index contributed by atoms with van der Waals surface area (Å²) < 4.78 is 0. The van der Waals surface area contributed by atoms with Crippen molar-refractivity contribution in [3.63, 3.8) is 0 Å². The van der Waals surface area contributed by atoms with Crippen LogP contribution in [0.1, 0.15) is 0 Å². The van der Waals surface area contributed by atoms with Crippen molar-refractivity contribution in [2.24, 2.45) is 0 Å². The summed E-state index contributed by atoms with van der Waals surface area (Å²) in [5.41, 5.74) is 0. The fraction of sp³-hybridized carbons (Fsp3) is 0.600. The van der Waals surface area contributed by atoms with Gasteiger partial charge in [0.05, 0.1) is 23.9 Å². The Labute approximate surface area is 268 Å². The molecule has 0 atom stereocenters. The smallest absolute Gasteiger partial charge is 0.549 e. The van der Waals surface area contributed by atoms with E-state index in [1.165, 1.54) is 0 Å². The second-order valence-electron chi connectivity index (χ2n) is 3.91. The minimum Gasteiger partial charge on any atom is -0.549 e. The van der Waals surface area contributed by atoms with Crippen molar-refractivity contribution in [2.45, 2.75) is 0 Å². The van der Waals surface area contributed by atoms with E-state index in [-0.39, 0.29) is 175 Å². The molecule has 0 heterocycles. The molecule has 0 bridgehead atoms. The van der Waals surface area contributed by atoms with E-state index >= 15 is 0 Å². The molecule has 0 saturated carbocycles. The second-order valence-corrected chi connectivity index (χ2v) is 3.91.